The molecule has 0 radical (unpaired) electrons. The van der Waals surface area contributed by atoms with E-state index in [-0.39, 0.29) is 11.5 Å². The van der Waals surface area contributed by atoms with Crippen molar-refractivity contribution < 1.29 is 98.1 Å². The molecule has 0 spiro atoms. The predicted molar refractivity (Wildman–Crippen MR) is 255 cm³/mol. The first-order valence-corrected chi connectivity index (χ1v) is 23.0. The highest BCUT2D eigenvalue weighted by atomic mass is 16.4. The Morgan fingerprint density at radius 2 is 0.803 bits per heavy atom. The maximum Gasteiger partial charge on any atom is 0.326 e. The third-order valence-electron chi connectivity index (χ3n) is 11.3. The Labute approximate surface area is 427 Å². The summed E-state index contributed by atoms with van der Waals surface area (Å²) >= 11 is 0. The number of hydrogen-bond acceptors (Lipinski definition) is 16. The molecule has 31 heteroatoms. The lowest BCUT2D eigenvalue weighted by atomic mass is 10.0. The quantitative estimate of drug-likeness (QED) is 0.0292. The van der Waals surface area contributed by atoms with Crippen LogP contribution in [0.25, 0.3) is 11.0 Å². The lowest BCUT2D eigenvalue weighted by molar-refractivity contribution is -0.144. The average molecular weight is 1070 g/mol. The number of carbonyl (C=O) groups excluding carboxylic acids is 6. The van der Waals surface area contributed by atoms with Gasteiger partial charge in [0.05, 0.1) is 5.39 Å². The molecule has 2 heterocycles. The zero-order valence-corrected chi connectivity index (χ0v) is 40.1. The molecule has 3 aromatic rings. The molecule has 17 N–H and O–H groups in total. The molecule has 6 atom stereocenters. The molecule has 1 aromatic carbocycles. The van der Waals surface area contributed by atoms with Crippen molar-refractivity contribution >= 4 is 94.2 Å². The van der Waals surface area contributed by atoms with Crippen LogP contribution in [0.1, 0.15) is 98.5 Å². The number of aromatic amines is 2. The highest BCUT2D eigenvalue weighted by molar-refractivity contribution is 5.97. The molecule has 0 saturated carbocycles. The molecule has 6 unspecified atom stereocenters. The van der Waals surface area contributed by atoms with Crippen molar-refractivity contribution in [3.63, 3.8) is 0 Å². The second kappa shape index (κ2) is 29.3. The van der Waals surface area contributed by atoms with Crippen LogP contribution in [0.5, 0.6) is 0 Å². The van der Waals surface area contributed by atoms with Crippen LogP contribution in [-0.4, -0.2) is 164 Å². The van der Waals surface area contributed by atoms with E-state index in [4.69, 9.17) is 10.8 Å². The zero-order chi connectivity index (χ0) is 56.8. The number of aliphatic carboxylic acids is 7. The summed E-state index contributed by atoms with van der Waals surface area (Å²) in [5.74, 6) is -16.8. The van der Waals surface area contributed by atoms with Crippen LogP contribution in [-0.2, 0) is 70.4 Å². The minimum Gasteiger partial charge on any atom is -0.481 e. The van der Waals surface area contributed by atoms with Gasteiger partial charge in [-0.15, -0.1) is 0 Å². The normalized spacial score (nSPS) is 13.3. The molecule has 0 aliphatic heterocycles. The molecule has 0 bridgehead atoms. The number of anilines is 1. The van der Waals surface area contributed by atoms with Crippen LogP contribution in [0.3, 0.4) is 0 Å². The number of rotatable bonds is 34. The molecule has 3 rings (SSSR count). The lowest BCUT2D eigenvalue weighted by Crippen LogP contribution is -2.46. The number of carboxylic acid groups (broad SMARTS) is 7. The number of carboxylic acids is 7. The number of fused-ring (bicyclic) bond motifs is 1. The van der Waals surface area contributed by atoms with E-state index in [1.165, 1.54) is 12.1 Å². The summed E-state index contributed by atoms with van der Waals surface area (Å²) < 4.78 is 0. The van der Waals surface area contributed by atoms with Gasteiger partial charge in [-0.2, -0.15) is 4.98 Å². The van der Waals surface area contributed by atoms with Crippen molar-refractivity contribution in [2.75, 3.05) is 5.73 Å². The van der Waals surface area contributed by atoms with Gasteiger partial charge in [-0.3, -0.25) is 43.3 Å². The monoisotopic (exact) mass is 1070 g/mol. The first-order valence-electron chi connectivity index (χ1n) is 23.0. The first-order chi connectivity index (χ1) is 35.7. The van der Waals surface area contributed by atoms with E-state index in [1.54, 1.807) is 18.3 Å². The maximum atomic E-state index is 12.9. The summed E-state index contributed by atoms with van der Waals surface area (Å²) in [4.78, 5) is 179. The van der Waals surface area contributed by atoms with Gasteiger partial charge in [0.15, 0.2) is 0 Å². The summed E-state index contributed by atoms with van der Waals surface area (Å²) in [7, 11) is 0. The van der Waals surface area contributed by atoms with Crippen LogP contribution in [0.4, 0.5) is 5.95 Å². The number of nitrogens with zero attached hydrogens (tertiary/aromatic N) is 1. The number of aromatic nitrogens is 3. The molecule has 6 amide bonds. The van der Waals surface area contributed by atoms with E-state index in [2.05, 4.69) is 41.5 Å². The SMILES string of the molecule is Nc1nc2[nH]cc(CCc3ccc(C(=O)NC(CCC(=O)NC(CCC(=O)NC(CCC(=O)NC(CCC(=O)NC(CCC(=O)NC(CCC(=O)O)C(=O)O)C(=O)O)C(=O)O)C(=O)O)C(=O)O)C(=O)O)cc3)c2c(=O)[nH]1. The van der Waals surface area contributed by atoms with Gasteiger partial charge in [0, 0.05) is 50.3 Å². The van der Waals surface area contributed by atoms with Gasteiger partial charge in [-0.1, -0.05) is 12.1 Å². The van der Waals surface area contributed by atoms with Crippen LogP contribution < -0.4 is 43.2 Å². The summed E-state index contributed by atoms with van der Waals surface area (Å²) in [6.45, 7) is 0. The molecule has 0 fully saturated rings. The van der Waals surface area contributed by atoms with Crippen LogP contribution in [0.15, 0.2) is 35.3 Å². The Balaban J connectivity index is 1.43. The number of amides is 6. The number of H-pyrrole nitrogens is 2. The smallest absolute Gasteiger partial charge is 0.326 e. The third kappa shape index (κ3) is 20.6. The van der Waals surface area contributed by atoms with Gasteiger partial charge in [0.25, 0.3) is 11.5 Å². The number of nitrogens with two attached hydrogens (primary N) is 1. The fraction of sp³-hybridized carbons (Fsp3) is 0.444. The van der Waals surface area contributed by atoms with Crippen molar-refractivity contribution in [3.8, 4) is 0 Å². The van der Waals surface area contributed by atoms with E-state index in [0.29, 0.717) is 29.4 Å². The minimum atomic E-state index is -1.77. The molecule has 0 aliphatic rings. The molecule has 0 aliphatic carbocycles. The van der Waals surface area contributed by atoms with Crippen molar-refractivity contribution in [2.45, 2.75) is 126 Å². The van der Waals surface area contributed by atoms with Crippen LogP contribution in [0, 0.1) is 0 Å². The molecule has 31 nitrogen and oxygen atoms in total. The second-order valence-corrected chi connectivity index (χ2v) is 17.0. The summed E-state index contributed by atoms with van der Waals surface area (Å²) in [5, 5.41) is 79.1. The Morgan fingerprint density at radius 3 is 1.13 bits per heavy atom. The first kappa shape index (κ1) is 60.9. The second-order valence-electron chi connectivity index (χ2n) is 17.0. The Kier molecular flexibility index (Phi) is 23.5. The van der Waals surface area contributed by atoms with Crippen molar-refractivity contribution in [2.24, 2.45) is 0 Å². The topological polar surface area (TPSA) is 523 Å². The maximum absolute atomic E-state index is 12.9. The van der Waals surface area contributed by atoms with Gasteiger partial charge < -0.3 is 78.4 Å². The van der Waals surface area contributed by atoms with Crippen molar-refractivity contribution in [3.05, 3.63) is 57.5 Å². The van der Waals surface area contributed by atoms with Gasteiger partial charge in [-0.25, -0.2) is 28.8 Å². The third-order valence-corrected chi connectivity index (χ3v) is 11.3. The number of aryl methyl sites for hydroxylation is 2. The largest absolute Gasteiger partial charge is 0.481 e. The summed E-state index contributed by atoms with van der Waals surface area (Å²) in [6, 6.07) is -4.05. The number of nitrogen functional groups attached to an aromatic ring is 1. The summed E-state index contributed by atoms with van der Waals surface area (Å²) in [6.07, 6.45) is -4.75. The molecule has 0 saturated heterocycles. The minimum absolute atomic E-state index is 0.0438. The lowest BCUT2D eigenvalue weighted by Gasteiger charge is -2.19. The van der Waals surface area contributed by atoms with E-state index >= 15 is 0 Å². The van der Waals surface area contributed by atoms with Crippen LogP contribution in [0.2, 0.25) is 0 Å². The summed E-state index contributed by atoms with van der Waals surface area (Å²) in [5.41, 5.74) is 7.03. The standard InChI is InChI=1S/C45H56N10O21/c46-45-54-36-35(38(64)55-45)22(19-47-36)6-3-20-1-4-21(5-2-20)37(63)53-28(44(75)76)11-17-33(60)51-26(42(71)72)9-15-31(58)49-24(40(67)68)7-13-29(56)48-23(39(65)66)8-14-30(57)50-25(41(69)70)10-16-32(59)52-27(43(73)74)12-18-34(61)62/h1-2,4-5,19,23-28H,3,6-18H2,(H,48,56)(H,49,58)(H,50,57)(H,51,60)(H,52,59)(H,53,63)(H,61,62)(H,65,66)(H,67,68)(H,69,70)(H,71,72)(H,73,74)(H,75,76)(H4,46,47,54,55,64). The Morgan fingerprint density at radius 1 is 0.474 bits per heavy atom. The van der Waals surface area contributed by atoms with E-state index < -0.39 is 196 Å². The van der Waals surface area contributed by atoms with Gasteiger partial charge in [0.2, 0.25) is 35.5 Å². The molecule has 76 heavy (non-hydrogen) atoms. The van der Waals surface area contributed by atoms with Gasteiger partial charge in [-0.05, 0) is 74.6 Å². The highest BCUT2D eigenvalue weighted by Crippen LogP contribution is 2.17. The Hall–Kier alpha value is -9.45. The molecule has 2 aromatic heterocycles. The predicted octanol–water partition coefficient (Wildman–Crippen LogP) is -2.59. The number of benzene rings is 1. The van der Waals surface area contributed by atoms with Crippen LogP contribution >= 0.6 is 0 Å². The van der Waals surface area contributed by atoms with E-state index in [0.717, 1.165) is 5.56 Å². The van der Waals surface area contributed by atoms with Crippen molar-refractivity contribution in [1.82, 2.24) is 46.9 Å². The molecular formula is C45H56N10O21. The van der Waals surface area contributed by atoms with Crippen molar-refractivity contribution in [1.29, 1.82) is 0 Å². The van der Waals surface area contributed by atoms with Gasteiger partial charge in [0.1, 0.15) is 41.9 Å². The molecule has 412 valence electrons. The fourth-order valence-corrected chi connectivity index (χ4v) is 7.18. The zero-order valence-electron chi connectivity index (χ0n) is 40.1. The highest BCUT2D eigenvalue weighted by Gasteiger charge is 2.29. The average Bonchev–Trinajstić information content (AvgIpc) is 3.75. The van der Waals surface area contributed by atoms with Gasteiger partial charge >= 0.3 is 41.8 Å². The number of nitrogens with one attached hydrogen (secondary N) is 8. The van der Waals surface area contributed by atoms with E-state index in [9.17, 15) is 97.8 Å². The number of hydrogen-bond donors (Lipinski definition) is 16. The fourth-order valence-electron chi connectivity index (χ4n) is 7.18. The van der Waals surface area contributed by atoms with E-state index in [1.807, 2.05) is 5.32 Å². The number of carbonyl (C=O) groups is 13. The molecular weight excluding hydrogens is 1020 g/mol. The Bertz CT molecular complexity index is 2740.